The lowest BCUT2D eigenvalue weighted by Crippen LogP contribution is -2.30. The van der Waals surface area contributed by atoms with Gasteiger partial charge in [-0.25, -0.2) is 0 Å². The van der Waals surface area contributed by atoms with Crippen LogP contribution in [0, 0.1) is 13.8 Å². The van der Waals surface area contributed by atoms with E-state index in [1.807, 2.05) is 0 Å². The van der Waals surface area contributed by atoms with Crippen molar-refractivity contribution >= 4 is 0 Å². The van der Waals surface area contributed by atoms with Crippen LogP contribution in [0.15, 0.2) is 18.2 Å². The van der Waals surface area contributed by atoms with Crippen LogP contribution < -0.4 is 0 Å². The second-order valence-corrected chi connectivity index (χ2v) is 4.76. The Labute approximate surface area is 105 Å². The number of ether oxygens (including phenoxy) is 1. The molecule has 0 saturated carbocycles. The van der Waals surface area contributed by atoms with Crippen LogP contribution in [-0.4, -0.2) is 24.4 Å². The maximum absolute atomic E-state index is 10.2. The number of hydrogen-bond acceptors (Lipinski definition) is 2. The normalized spacial score (nSPS) is 14.6. The van der Waals surface area contributed by atoms with Gasteiger partial charge in [0.2, 0.25) is 0 Å². The first-order valence-corrected chi connectivity index (χ1v) is 6.35. The van der Waals surface area contributed by atoms with E-state index in [4.69, 9.17) is 4.74 Å². The SMILES string of the molecule is CCCC(OC)C(O)Cc1cc(C)ccc1C. The fourth-order valence-corrected chi connectivity index (χ4v) is 2.13. The molecular weight excluding hydrogens is 212 g/mol. The molecule has 1 aromatic rings. The average molecular weight is 236 g/mol. The van der Waals surface area contributed by atoms with Crippen LogP contribution >= 0.6 is 0 Å². The molecule has 1 N–H and O–H groups in total. The van der Waals surface area contributed by atoms with Crippen molar-refractivity contribution in [3.63, 3.8) is 0 Å². The van der Waals surface area contributed by atoms with Crippen LogP contribution in [0.4, 0.5) is 0 Å². The van der Waals surface area contributed by atoms with Crippen molar-refractivity contribution < 1.29 is 9.84 Å². The van der Waals surface area contributed by atoms with Gasteiger partial charge in [0.15, 0.2) is 0 Å². The monoisotopic (exact) mass is 236 g/mol. The molecule has 0 radical (unpaired) electrons. The van der Waals surface area contributed by atoms with E-state index in [2.05, 4.69) is 39.0 Å². The minimum atomic E-state index is -0.416. The van der Waals surface area contributed by atoms with Crippen molar-refractivity contribution in [1.29, 1.82) is 0 Å². The fraction of sp³-hybridized carbons (Fsp3) is 0.600. The molecular formula is C15H24O2. The third-order valence-electron chi connectivity index (χ3n) is 3.24. The van der Waals surface area contributed by atoms with E-state index in [0.29, 0.717) is 6.42 Å². The van der Waals surface area contributed by atoms with Gasteiger partial charge in [-0.05, 0) is 31.4 Å². The Morgan fingerprint density at radius 2 is 2.00 bits per heavy atom. The highest BCUT2D eigenvalue weighted by atomic mass is 16.5. The Bertz CT molecular complexity index is 347. The van der Waals surface area contributed by atoms with Crippen molar-refractivity contribution in [2.24, 2.45) is 0 Å². The van der Waals surface area contributed by atoms with Crippen molar-refractivity contribution in [2.45, 2.75) is 52.2 Å². The molecule has 0 saturated heterocycles. The second kappa shape index (κ2) is 6.77. The number of aliphatic hydroxyl groups excluding tert-OH is 1. The zero-order valence-electron chi connectivity index (χ0n) is 11.4. The molecule has 1 aromatic carbocycles. The zero-order valence-corrected chi connectivity index (χ0v) is 11.4. The third kappa shape index (κ3) is 4.14. The highest BCUT2D eigenvalue weighted by Crippen LogP contribution is 2.16. The summed E-state index contributed by atoms with van der Waals surface area (Å²) >= 11 is 0. The van der Waals surface area contributed by atoms with E-state index in [-0.39, 0.29) is 6.10 Å². The largest absolute Gasteiger partial charge is 0.390 e. The van der Waals surface area contributed by atoms with Gasteiger partial charge in [0.1, 0.15) is 0 Å². The number of methoxy groups -OCH3 is 1. The summed E-state index contributed by atoms with van der Waals surface area (Å²) in [6, 6.07) is 6.36. The van der Waals surface area contributed by atoms with E-state index in [1.165, 1.54) is 16.7 Å². The molecule has 2 heteroatoms. The highest BCUT2D eigenvalue weighted by Gasteiger charge is 2.18. The lowest BCUT2D eigenvalue weighted by atomic mass is 9.96. The predicted octanol–water partition coefficient (Wildman–Crippen LogP) is 3.02. The first kappa shape index (κ1) is 14.2. The molecule has 96 valence electrons. The van der Waals surface area contributed by atoms with E-state index >= 15 is 0 Å². The molecule has 2 nitrogen and oxygen atoms in total. The van der Waals surface area contributed by atoms with Crippen molar-refractivity contribution in [3.8, 4) is 0 Å². The summed E-state index contributed by atoms with van der Waals surface area (Å²) in [5.74, 6) is 0. The van der Waals surface area contributed by atoms with E-state index < -0.39 is 6.10 Å². The van der Waals surface area contributed by atoms with E-state index in [9.17, 15) is 5.11 Å². The lowest BCUT2D eigenvalue weighted by molar-refractivity contribution is -0.0159. The fourth-order valence-electron chi connectivity index (χ4n) is 2.13. The number of benzene rings is 1. The van der Waals surface area contributed by atoms with Crippen LogP contribution in [0.5, 0.6) is 0 Å². The van der Waals surface area contributed by atoms with E-state index in [0.717, 1.165) is 12.8 Å². The number of aryl methyl sites for hydroxylation is 2. The van der Waals surface area contributed by atoms with Crippen molar-refractivity contribution in [2.75, 3.05) is 7.11 Å². The second-order valence-electron chi connectivity index (χ2n) is 4.76. The summed E-state index contributed by atoms with van der Waals surface area (Å²) in [7, 11) is 1.67. The molecule has 17 heavy (non-hydrogen) atoms. The summed E-state index contributed by atoms with van der Waals surface area (Å²) in [6.45, 7) is 6.27. The minimum Gasteiger partial charge on any atom is -0.390 e. The Morgan fingerprint density at radius 1 is 1.29 bits per heavy atom. The van der Waals surface area contributed by atoms with Crippen LogP contribution in [0.3, 0.4) is 0 Å². The van der Waals surface area contributed by atoms with Crippen LogP contribution in [-0.2, 0) is 11.2 Å². The average Bonchev–Trinajstić information content (AvgIpc) is 2.30. The zero-order chi connectivity index (χ0) is 12.8. The predicted molar refractivity (Wildman–Crippen MR) is 71.3 cm³/mol. The quantitative estimate of drug-likeness (QED) is 0.822. The van der Waals surface area contributed by atoms with Gasteiger partial charge in [-0.1, -0.05) is 37.1 Å². The molecule has 0 aliphatic carbocycles. The molecule has 0 heterocycles. The summed E-state index contributed by atoms with van der Waals surface area (Å²) in [5, 5.41) is 10.2. The first-order chi connectivity index (χ1) is 8.08. The van der Waals surface area contributed by atoms with Gasteiger partial charge >= 0.3 is 0 Å². The standard InChI is InChI=1S/C15H24O2/c1-5-6-15(17-4)14(16)10-13-9-11(2)7-8-12(13)3/h7-9,14-16H,5-6,10H2,1-4H3. The minimum absolute atomic E-state index is 0.0556. The summed E-state index contributed by atoms with van der Waals surface area (Å²) < 4.78 is 5.34. The molecule has 1 rings (SSSR count). The van der Waals surface area contributed by atoms with Gasteiger partial charge in [-0.2, -0.15) is 0 Å². The maximum atomic E-state index is 10.2. The molecule has 2 unspecified atom stereocenters. The summed E-state index contributed by atoms with van der Waals surface area (Å²) in [6.07, 6.45) is 2.14. The number of rotatable bonds is 6. The van der Waals surface area contributed by atoms with Gasteiger partial charge < -0.3 is 9.84 Å². The smallest absolute Gasteiger partial charge is 0.0842 e. The summed E-state index contributed by atoms with van der Waals surface area (Å²) in [4.78, 5) is 0. The molecule has 0 fully saturated rings. The van der Waals surface area contributed by atoms with Gasteiger partial charge in [0, 0.05) is 13.5 Å². The summed E-state index contributed by atoms with van der Waals surface area (Å²) in [5.41, 5.74) is 3.69. The Kier molecular flexibility index (Phi) is 5.66. The van der Waals surface area contributed by atoms with E-state index in [1.54, 1.807) is 7.11 Å². The van der Waals surface area contributed by atoms with Crippen molar-refractivity contribution in [3.05, 3.63) is 34.9 Å². The molecule has 0 amide bonds. The molecule has 0 aromatic heterocycles. The third-order valence-corrected chi connectivity index (χ3v) is 3.24. The van der Waals surface area contributed by atoms with Gasteiger partial charge in [0.25, 0.3) is 0 Å². The van der Waals surface area contributed by atoms with Crippen LogP contribution in [0.25, 0.3) is 0 Å². The van der Waals surface area contributed by atoms with Crippen LogP contribution in [0.2, 0.25) is 0 Å². The van der Waals surface area contributed by atoms with Crippen LogP contribution in [0.1, 0.15) is 36.5 Å². The lowest BCUT2D eigenvalue weighted by Gasteiger charge is -2.22. The maximum Gasteiger partial charge on any atom is 0.0842 e. The first-order valence-electron chi connectivity index (χ1n) is 6.35. The van der Waals surface area contributed by atoms with Crippen molar-refractivity contribution in [1.82, 2.24) is 0 Å². The number of hydrogen-bond donors (Lipinski definition) is 1. The number of aliphatic hydroxyl groups is 1. The molecule has 2 atom stereocenters. The molecule has 0 bridgehead atoms. The topological polar surface area (TPSA) is 29.5 Å². The van der Waals surface area contributed by atoms with Gasteiger partial charge in [-0.15, -0.1) is 0 Å². The Morgan fingerprint density at radius 3 is 2.59 bits per heavy atom. The molecule has 0 aliphatic rings. The van der Waals surface area contributed by atoms with Gasteiger partial charge in [-0.3, -0.25) is 0 Å². The Hall–Kier alpha value is -0.860. The molecule has 0 spiro atoms. The highest BCUT2D eigenvalue weighted by molar-refractivity contribution is 5.31. The van der Waals surface area contributed by atoms with Gasteiger partial charge in [0.05, 0.1) is 12.2 Å². The molecule has 0 aliphatic heterocycles. The Balaban J connectivity index is 2.72.